The first kappa shape index (κ1) is 15.6. The molecule has 1 aromatic carbocycles. The largest absolute Gasteiger partial charge is 0.497 e. The van der Waals surface area contributed by atoms with Crippen LogP contribution in [-0.4, -0.2) is 13.0 Å². The second kappa shape index (κ2) is 7.27. The quantitative estimate of drug-likeness (QED) is 0.865. The Bertz CT molecular complexity index is 561. The van der Waals surface area contributed by atoms with Crippen molar-refractivity contribution in [3.8, 4) is 5.75 Å². The Morgan fingerprint density at radius 1 is 1.24 bits per heavy atom. The van der Waals surface area contributed by atoms with Crippen LogP contribution >= 0.6 is 11.3 Å². The van der Waals surface area contributed by atoms with Crippen molar-refractivity contribution < 1.29 is 9.53 Å². The predicted molar refractivity (Wildman–Crippen MR) is 87.0 cm³/mol. The zero-order valence-electron chi connectivity index (χ0n) is 12.6. The van der Waals surface area contributed by atoms with Crippen LogP contribution in [0.4, 0.5) is 0 Å². The summed E-state index contributed by atoms with van der Waals surface area (Å²) in [6, 6.07) is 11.6. The van der Waals surface area contributed by atoms with Gasteiger partial charge >= 0.3 is 0 Å². The molecule has 0 spiro atoms. The molecule has 3 nitrogen and oxygen atoms in total. The van der Waals surface area contributed by atoms with Gasteiger partial charge in [0.1, 0.15) is 5.75 Å². The van der Waals surface area contributed by atoms with Crippen LogP contribution in [0.2, 0.25) is 0 Å². The predicted octanol–water partition coefficient (Wildman–Crippen LogP) is 4.27. The van der Waals surface area contributed by atoms with Gasteiger partial charge in [-0.15, -0.1) is 11.3 Å². The van der Waals surface area contributed by atoms with Crippen molar-refractivity contribution in [3.63, 3.8) is 0 Å². The maximum absolute atomic E-state index is 12.3. The summed E-state index contributed by atoms with van der Waals surface area (Å²) in [6.07, 6.45) is 0.906. The third-order valence-corrected chi connectivity index (χ3v) is 4.14. The molecule has 2 aromatic rings. The number of methoxy groups -OCH3 is 1. The number of carbonyl (C=O) groups is 1. The smallest absolute Gasteiger partial charge is 0.261 e. The average Bonchev–Trinajstić information content (AvgIpc) is 3.00. The van der Waals surface area contributed by atoms with E-state index in [1.165, 1.54) is 11.3 Å². The lowest BCUT2D eigenvalue weighted by atomic mass is 9.97. The molecule has 2 rings (SSSR count). The highest BCUT2D eigenvalue weighted by Crippen LogP contribution is 2.24. The fourth-order valence-electron chi connectivity index (χ4n) is 2.22. The highest BCUT2D eigenvalue weighted by Gasteiger charge is 2.17. The molecule has 1 heterocycles. The average molecular weight is 303 g/mol. The molecule has 0 aliphatic heterocycles. The molecule has 0 radical (unpaired) electrons. The van der Waals surface area contributed by atoms with Crippen LogP contribution in [-0.2, 0) is 0 Å². The Hall–Kier alpha value is -1.81. The summed E-state index contributed by atoms with van der Waals surface area (Å²) in [6.45, 7) is 4.32. The molecule has 0 fully saturated rings. The first-order valence-corrected chi connectivity index (χ1v) is 7.96. The Labute approximate surface area is 130 Å². The lowest BCUT2D eigenvalue weighted by Gasteiger charge is -2.21. The lowest BCUT2D eigenvalue weighted by Crippen LogP contribution is -2.28. The molecule has 1 aromatic heterocycles. The number of rotatable bonds is 6. The zero-order valence-corrected chi connectivity index (χ0v) is 13.4. The van der Waals surface area contributed by atoms with E-state index >= 15 is 0 Å². The molecule has 0 saturated carbocycles. The molecule has 1 N–H and O–H groups in total. The maximum atomic E-state index is 12.3. The zero-order chi connectivity index (χ0) is 15.2. The van der Waals surface area contributed by atoms with Gasteiger partial charge in [-0.05, 0) is 41.5 Å². The van der Waals surface area contributed by atoms with Gasteiger partial charge in [0.2, 0.25) is 0 Å². The van der Waals surface area contributed by atoms with Gasteiger partial charge in [-0.25, -0.2) is 0 Å². The highest BCUT2D eigenvalue weighted by molar-refractivity contribution is 7.12. The Balaban J connectivity index is 2.15. The summed E-state index contributed by atoms with van der Waals surface area (Å²) in [4.78, 5) is 13.0. The summed E-state index contributed by atoms with van der Waals surface area (Å²) in [5.41, 5.74) is 1.11. The van der Waals surface area contributed by atoms with E-state index in [2.05, 4.69) is 19.2 Å². The van der Waals surface area contributed by atoms with Crippen molar-refractivity contribution in [2.75, 3.05) is 7.11 Å². The van der Waals surface area contributed by atoms with Gasteiger partial charge < -0.3 is 10.1 Å². The van der Waals surface area contributed by atoms with Crippen molar-refractivity contribution in [1.29, 1.82) is 0 Å². The van der Waals surface area contributed by atoms with E-state index in [-0.39, 0.29) is 11.9 Å². The number of thiophene rings is 1. The van der Waals surface area contributed by atoms with Gasteiger partial charge in [-0.2, -0.15) is 0 Å². The third kappa shape index (κ3) is 4.33. The van der Waals surface area contributed by atoms with Gasteiger partial charge in [0.15, 0.2) is 0 Å². The first-order chi connectivity index (χ1) is 10.1. The Morgan fingerprint density at radius 3 is 2.48 bits per heavy atom. The van der Waals surface area contributed by atoms with Crippen LogP contribution < -0.4 is 10.1 Å². The van der Waals surface area contributed by atoms with Gasteiger partial charge in [0, 0.05) is 0 Å². The molecular weight excluding hydrogens is 282 g/mol. The summed E-state index contributed by atoms with van der Waals surface area (Å²) < 4.78 is 5.18. The molecule has 1 atom stereocenters. The normalized spacial score (nSPS) is 12.2. The maximum Gasteiger partial charge on any atom is 0.261 e. The van der Waals surface area contributed by atoms with Crippen molar-refractivity contribution >= 4 is 17.2 Å². The second-order valence-corrected chi connectivity index (χ2v) is 6.35. The van der Waals surface area contributed by atoms with Crippen LogP contribution in [0, 0.1) is 5.92 Å². The molecule has 0 bridgehead atoms. The SMILES string of the molecule is COc1ccc([C@H](CC(C)C)NC(=O)c2cccs2)cc1. The molecule has 21 heavy (non-hydrogen) atoms. The van der Waals surface area contributed by atoms with Crippen molar-refractivity contribution in [2.45, 2.75) is 26.3 Å². The van der Waals surface area contributed by atoms with Gasteiger partial charge in [0.25, 0.3) is 5.91 Å². The standard InChI is InChI=1S/C17H21NO2S/c1-12(2)11-15(13-6-8-14(20-3)9-7-13)18-17(19)16-5-4-10-21-16/h4-10,12,15H,11H2,1-3H3,(H,18,19)/t15-/m0/s1. The molecule has 112 valence electrons. The summed E-state index contributed by atoms with van der Waals surface area (Å²) in [5, 5.41) is 5.05. The highest BCUT2D eigenvalue weighted by atomic mass is 32.1. The molecule has 0 aliphatic carbocycles. The van der Waals surface area contributed by atoms with Crippen LogP contribution in [0.15, 0.2) is 41.8 Å². The number of hydrogen-bond donors (Lipinski definition) is 1. The molecule has 0 unspecified atom stereocenters. The minimum absolute atomic E-state index is 0.00790. The molecular formula is C17H21NO2S. The fourth-order valence-corrected chi connectivity index (χ4v) is 2.85. The van der Waals surface area contributed by atoms with Crippen molar-refractivity contribution in [1.82, 2.24) is 5.32 Å². The van der Waals surface area contributed by atoms with Crippen LogP contribution in [0.3, 0.4) is 0 Å². The van der Waals surface area contributed by atoms with Crippen molar-refractivity contribution in [2.24, 2.45) is 5.92 Å². The van der Waals surface area contributed by atoms with Gasteiger partial charge in [0.05, 0.1) is 18.0 Å². The molecule has 0 aliphatic rings. The van der Waals surface area contributed by atoms with E-state index in [0.29, 0.717) is 5.92 Å². The minimum Gasteiger partial charge on any atom is -0.497 e. The van der Waals surface area contributed by atoms with Crippen LogP contribution in [0.5, 0.6) is 5.75 Å². The van der Waals surface area contributed by atoms with Gasteiger partial charge in [-0.1, -0.05) is 32.0 Å². The van der Waals surface area contributed by atoms with E-state index in [1.807, 2.05) is 41.8 Å². The summed E-state index contributed by atoms with van der Waals surface area (Å²) in [5.74, 6) is 1.32. The first-order valence-electron chi connectivity index (χ1n) is 7.08. The summed E-state index contributed by atoms with van der Waals surface area (Å²) in [7, 11) is 1.65. The number of nitrogens with one attached hydrogen (secondary N) is 1. The number of carbonyl (C=O) groups excluding carboxylic acids is 1. The van der Waals surface area contributed by atoms with Crippen LogP contribution in [0.25, 0.3) is 0 Å². The molecule has 1 amide bonds. The van der Waals surface area contributed by atoms with Gasteiger partial charge in [-0.3, -0.25) is 4.79 Å². The van der Waals surface area contributed by atoms with E-state index in [0.717, 1.165) is 22.6 Å². The Kier molecular flexibility index (Phi) is 5.39. The third-order valence-electron chi connectivity index (χ3n) is 3.28. The Morgan fingerprint density at radius 2 is 1.95 bits per heavy atom. The van der Waals surface area contributed by atoms with Crippen molar-refractivity contribution in [3.05, 3.63) is 52.2 Å². The number of ether oxygens (including phenoxy) is 1. The monoisotopic (exact) mass is 303 g/mol. The summed E-state index contributed by atoms with van der Waals surface area (Å²) >= 11 is 1.46. The number of benzene rings is 1. The number of amides is 1. The minimum atomic E-state index is -0.00790. The lowest BCUT2D eigenvalue weighted by molar-refractivity contribution is 0.0936. The van der Waals surface area contributed by atoms with E-state index in [9.17, 15) is 4.79 Å². The fraction of sp³-hybridized carbons (Fsp3) is 0.353. The molecule has 0 saturated heterocycles. The van der Waals surface area contributed by atoms with Crippen LogP contribution in [0.1, 0.15) is 41.5 Å². The molecule has 4 heteroatoms. The van der Waals surface area contributed by atoms with E-state index in [4.69, 9.17) is 4.74 Å². The van der Waals surface area contributed by atoms with E-state index in [1.54, 1.807) is 7.11 Å². The topological polar surface area (TPSA) is 38.3 Å². The van der Waals surface area contributed by atoms with E-state index < -0.39 is 0 Å². The second-order valence-electron chi connectivity index (χ2n) is 5.41. The number of hydrogen-bond acceptors (Lipinski definition) is 3.